The average molecular weight is 375 g/mol. The van der Waals surface area contributed by atoms with Crippen molar-refractivity contribution in [2.75, 3.05) is 50.3 Å². The van der Waals surface area contributed by atoms with Crippen LogP contribution >= 0.6 is 0 Å². The van der Waals surface area contributed by atoms with Crippen LogP contribution in [0.1, 0.15) is 19.7 Å². The van der Waals surface area contributed by atoms with Crippen LogP contribution in [0.2, 0.25) is 0 Å². The number of anilines is 2. The van der Waals surface area contributed by atoms with Crippen molar-refractivity contribution in [3.63, 3.8) is 0 Å². The van der Waals surface area contributed by atoms with Crippen molar-refractivity contribution < 1.29 is 14.6 Å². The van der Waals surface area contributed by atoms with Gasteiger partial charge in [-0.05, 0) is 19.9 Å². The highest BCUT2D eigenvalue weighted by Gasteiger charge is 2.36. The van der Waals surface area contributed by atoms with Crippen molar-refractivity contribution >= 4 is 11.8 Å². The van der Waals surface area contributed by atoms with Crippen LogP contribution in [0.15, 0.2) is 12.3 Å². The van der Waals surface area contributed by atoms with Gasteiger partial charge in [-0.2, -0.15) is 9.97 Å². The van der Waals surface area contributed by atoms with E-state index in [0.717, 1.165) is 12.4 Å². The van der Waals surface area contributed by atoms with E-state index in [4.69, 9.17) is 14.6 Å². The minimum atomic E-state index is -0.226. The molecule has 0 atom stereocenters. The van der Waals surface area contributed by atoms with Gasteiger partial charge in [0.25, 0.3) is 0 Å². The second-order valence-electron chi connectivity index (χ2n) is 6.80. The Hall–Kier alpha value is -2.75. The molecule has 0 amide bonds. The van der Waals surface area contributed by atoms with Crippen LogP contribution in [-0.4, -0.2) is 76.0 Å². The molecule has 0 saturated carbocycles. The van der Waals surface area contributed by atoms with Crippen LogP contribution in [0.25, 0.3) is 0 Å². The summed E-state index contributed by atoms with van der Waals surface area (Å²) in [6, 6.07) is 2.34. The van der Waals surface area contributed by atoms with Gasteiger partial charge in [0, 0.05) is 32.3 Å². The highest BCUT2D eigenvalue weighted by atomic mass is 16.5. The van der Waals surface area contributed by atoms with E-state index >= 15 is 0 Å². The summed E-state index contributed by atoms with van der Waals surface area (Å²) in [5.74, 6) is 2.01. The molecule has 0 unspecified atom stereocenters. The molecule has 1 aliphatic heterocycles. The first-order chi connectivity index (χ1) is 13.0. The predicted molar refractivity (Wildman–Crippen MR) is 99.4 cm³/mol. The summed E-state index contributed by atoms with van der Waals surface area (Å²) < 4.78 is 10.3. The van der Waals surface area contributed by atoms with Crippen molar-refractivity contribution in [1.82, 2.24) is 24.9 Å². The number of aromatic nitrogens is 5. The Kier molecular flexibility index (Phi) is 5.54. The Morgan fingerprint density at radius 2 is 1.78 bits per heavy atom. The van der Waals surface area contributed by atoms with Gasteiger partial charge in [-0.25, -0.2) is 9.97 Å². The van der Waals surface area contributed by atoms with Crippen LogP contribution in [0.4, 0.5) is 11.8 Å². The fourth-order valence-electron chi connectivity index (χ4n) is 3.16. The number of hydrogen-bond acceptors (Lipinski definition) is 10. The molecule has 1 saturated heterocycles. The van der Waals surface area contributed by atoms with Crippen molar-refractivity contribution in [1.29, 1.82) is 0 Å². The lowest BCUT2D eigenvalue weighted by Crippen LogP contribution is -2.60. The quantitative estimate of drug-likeness (QED) is 0.758. The molecule has 0 aliphatic carbocycles. The fourth-order valence-corrected chi connectivity index (χ4v) is 3.16. The third-order valence-electron chi connectivity index (χ3n) is 4.44. The number of rotatable bonds is 6. The molecule has 10 nitrogen and oxygen atoms in total. The lowest BCUT2D eigenvalue weighted by molar-refractivity contribution is 0.296. The first kappa shape index (κ1) is 19.0. The lowest BCUT2D eigenvalue weighted by atomic mass is 9.99. The molecule has 2 aromatic heterocycles. The van der Waals surface area contributed by atoms with E-state index in [9.17, 15) is 0 Å². The van der Waals surface area contributed by atoms with Gasteiger partial charge in [-0.1, -0.05) is 0 Å². The van der Waals surface area contributed by atoms with Crippen molar-refractivity contribution in [3.05, 3.63) is 18.1 Å². The first-order valence-electron chi connectivity index (χ1n) is 8.76. The molecule has 3 heterocycles. The zero-order chi connectivity index (χ0) is 19.4. The summed E-state index contributed by atoms with van der Waals surface area (Å²) in [5.41, 5.74) is -0.226. The second-order valence-corrected chi connectivity index (χ2v) is 6.80. The number of nitrogens with zero attached hydrogens (tertiary/aromatic N) is 7. The molecule has 1 N–H and O–H groups in total. The number of methoxy groups -OCH3 is 2. The van der Waals surface area contributed by atoms with E-state index in [-0.39, 0.29) is 24.2 Å². The smallest absolute Gasteiger partial charge is 0.324 e. The molecule has 0 bridgehead atoms. The van der Waals surface area contributed by atoms with Crippen molar-refractivity contribution in [3.8, 4) is 12.0 Å². The fraction of sp³-hybridized carbons (Fsp3) is 0.588. The zero-order valence-electron chi connectivity index (χ0n) is 16.1. The van der Waals surface area contributed by atoms with Crippen LogP contribution in [0.3, 0.4) is 0 Å². The molecule has 1 aliphatic rings. The lowest BCUT2D eigenvalue weighted by Gasteiger charge is -2.47. The highest BCUT2D eigenvalue weighted by molar-refractivity contribution is 5.46. The molecule has 0 radical (unpaired) electrons. The zero-order valence-corrected chi connectivity index (χ0v) is 16.1. The highest BCUT2D eigenvalue weighted by Crippen LogP contribution is 2.29. The van der Waals surface area contributed by atoms with E-state index in [0.29, 0.717) is 31.3 Å². The molecule has 2 aromatic rings. The minimum Gasteiger partial charge on any atom is -0.467 e. The Bertz CT molecular complexity index is 765. The summed E-state index contributed by atoms with van der Waals surface area (Å²) in [6.45, 7) is 6.44. The van der Waals surface area contributed by atoms with Gasteiger partial charge in [0.05, 0.1) is 26.4 Å². The van der Waals surface area contributed by atoms with Gasteiger partial charge < -0.3 is 24.4 Å². The molecular formula is C17H25N7O3. The summed E-state index contributed by atoms with van der Waals surface area (Å²) in [5, 5.41) is 9.13. The van der Waals surface area contributed by atoms with Crippen molar-refractivity contribution in [2.24, 2.45) is 0 Å². The van der Waals surface area contributed by atoms with E-state index < -0.39 is 0 Å². The van der Waals surface area contributed by atoms with E-state index in [2.05, 4.69) is 48.6 Å². The first-order valence-corrected chi connectivity index (χ1v) is 8.76. The maximum absolute atomic E-state index is 9.13. The van der Waals surface area contributed by atoms with Crippen LogP contribution in [0, 0.1) is 0 Å². The Balaban J connectivity index is 1.82. The Morgan fingerprint density at radius 1 is 1.07 bits per heavy atom. The molecule has 0 aromatic carbocycles. The van der Waals surface area contributed by atoms with Gasteiger partial charge in [-0.15, -0.1) is 4.98 Å². The molecule has 0 spiro atoms. The summed E-state index contributed by atoms with van der Waals surface area (Å²) >= 11 is 0. The molecular weight excluding hydrogens is 350 g/mol. The van der Waals surface area contributed by atoms with Crippen molar-refractivity contribution in [2.45, 2.75) is 25.8 Å². The monoisotopic (exact) mass is 375 g/mol. The SMILES string of the molecule is COc1nc(OC)nc(N2CCN(c3ccnc(CCO)n3)C(C)(C)C2)n1. The third-order valence-corrected chi connectivity index (χ3v) is 4.44. The molecule has 3 rings (SSSR count). The van der Waals surface area contributed by atoms with Gasteiger partial charge >= 0.3 is 12.0 Å². The number of aliphatic hydroxyl groups is 1. The average Bonchev–Trinajstić information content (AvgIpc) is 2.67. The maximum atomic E-state index is 9.13. The molecule has 146 valence electrons. The van der Waals surface area contributed by atoms with E-state index in [1.165, 1.54) is 14.2 Å². The number of hydrogen-bond donors (Lipinski definition) is 1. The van der Waals surface area contributed by atoms with E-state index in [1.54, 1.807) is 6.20 Å². The standard InChI is InChI=1S/C17H25N7O3/c1-17(2)11-23(14-20-15(26-3)22-16(21-14)27-4)8-9-24(17)13-5-7-18-12(19-13)6-10-25/h5,7,25H,6,8-11H2,1-4H3. The van der Waals surface area contributed by atoms with Crippen LogP contribution < -0.4 is 19.3 Å². The van der Waals surface area contributed by atoms with Crippen LogP contribution in [0.5, 0.6) is 12.0 Å². The van der Waals surface area contributed by atoms with Crippen LogP contribution in [-0.2, 0) is 6.42 Å². The number of piperazine rings is 1. The number of aliphatic hydroxyl groups excluding tert-OH is 1. The molecule has 1 fully saturated rings. The van der Waals surface area contributed by atoms with Gasteiger partial charge in [0.1, 0.15) is 11.6 Å². The summed E-state index contributed by atoms with van der Waals surface area (Å²) in [4.78, 5) is 25.9. The summed E-state index contributed by atoms with van der Waals surface area (Å²) in [6.07, 6.45) is 2.18. The minimum absolute atomic E-state index is 0.0314. The topological polar surface area (TPSA) is 110 Å². The summed E-state index contributed by atoms with van der Waals surface area (Å²) in [7, 11) is 3.03. The third kappa shape index (κ3) is 4.16. The van der Waals surface area contributed by atoms with Gasteiger partial charge in [-0.3, -0.25) is 0 Å². The number of ether oxygens (including phenoxy) is 2. The van der Waals surface area contributed by atoms with Gasteiger partial charge in [0.2, 0.25) is 5.95 Å². The predicted octanol–water partition coefficient (Wildman–Crippen LogP) is 0.319. The Morgan fingerprint density at radius 3 is 2.37 bits per heavy atom. The molecule has 10 heteroatoms. The second kappa shape index (κ2) is 7.87. The van der Waals surface area contributed by atoms with Gasteiger partial charge in [0.15, 0.2) is 0 Å². The largest absolute Gasteiger partial charge is 0.467 e. The Labute approximate surface area is 158 Å². The van der Waals surface area contributed by atoms with E-state index in [1.807, 2.05) is 6.07 Å². The normalized spacial score (nSPS) is 16.3. The maximum Gasteiger partial charge on any atom is 0.324 e. The molecule has 27 heavy (non-hydrogen) atoms.